The van der Waals surface area contributed by atoms with Gasteiger partial charge < -0.3 is 9.47 Å². The molecule has 15 heavy (non-hydrogen) atoms. The second-order valence-corrected chi connectivity index (χ2v) is 3.49. The SMILES string of the molecule is O=Cc1ccc(OC2CCCOC2)cn1. The van der Waals surface area contributed by atoms with Gasteiger partial charge in [0.05, 0.1) is 12.8 Å². The van der Waals surface area contributed by atoms with Crippen LogP contribution in [0.3, 0.4) is 0 Å². The molecule has 1 aliphatic rings. The third-order valence-corrected chi connectivity index (χ3v) is 2.30. The van der Waals surface area contributed by atoms with E-state index in [0.717, 1.165) is 19.4 Å². The van der Waals surface area contributed by atoms with Crippen LogP contribution in [0.4, 0.5) is 0 Å². The maximum absolute atomic E-state index is 10.4. The van der Waals surface area contributed by atoms with Gasteiger partial charge in [-0.2, -0.15) is 0 Å². The third-order valence-electron chi connectivity index (χ3n) is 2.30. The molecule has 0 spiro atoms. The van der Waals surface area contributed by atoms with Crippen molar-refractivity contribution < 1.29 is 14.3 Å². The van der Waals surface area contributed by atoms with Crippen molar-refractivity contribution in [3.63, 3.8) is 0 Å². The molecule has 2 rings (SSSR count). The molecule has 1 fully saturated rings. The van der Waals surface area contributed by atoms with Crippen molar-refractivity contribution in [2.45, 2.75) is 18.9 Å². The average Bonchev–Trinajstić information content (AvgIpc) is 2.31. The average molecular weight is 207 g/mol. The number of rotatable bonds is 3. The number of hydrogen-bond acceptors (Lipinski definition) is 4. The summed E-state index contributed by atoms with van der Waals surface area (Å²) in [6, 6.07) is 3.40. The first kappa shape index (κ1) is 10.1. The lowest BCUT2D eigenvalue weighted by atomic mass is 10.2. The largest absolute Gasteiger partial charge is 0.486 e. The van der Waals surface area contributed by atoms with E-state index in [1.807, 2.05) is 0 Å². The van der Waals surface area contributed by atoms with E-state index in [4.69, 9.17) is 9.47 Å². The molecule has 0 amide bonds. The van der Waals surface area contributed by atoms with Crippen LogP contribution in [-0.2, 0) is 4.74 Å². The highest BCUT2D eigenvalue weighted by molar-refractivity contribution is 5.71. The minimum atomic E-state index is 0.114. The molecule has 1 unspecified atom stereocenters. The molecule has 1 atom stereocenters. The van der Waals surface area contributed by atoms with Crippen molar-refractivity contribution in [2.24, 2.45) is 0 Å². The molecule has 1 aromatic rings. The van der Waals surface area contributed by atoms with E-state index < -0.39 is 0 Å². The van der Waals surface area contributed by atoms with Crippen LogP contribution in [0.5, 0.6) is 5.75 Å². The van der Waals surface area contributed by atoms with E-state index in [-0.39, 0.29) is 6.10 Å². The van der Waals surface area contributed by atoms with Crippen LogP contribution in [0.1, 0.15) is 23.3 Å². The summed E-state index contributed by atoms with van der Waals surface area (Å²) in [6.07, 6.45) is 4.44. The van der Waals surface area contributed by atoms with Crippen molar-refractivity contribution in [1.29, 1.82) is 0 Å². The van der Waals surface area contributed by atoms with E-state index in [2.05, 4.69) is 4.98 Å². The summed E-state index contributed by atoms with van der Waals surface area (Å²) in [5.74, 6) is 0.691. The second-order valence-electron chi connectivity index (χ2n) is 3.49. The van der Waals surface area contributed by atoms with Gasteiger partial charge in [0.15, 0.2) is 6.29 Å². The first-order valence-electron chi connectivity index (χ1n) is 5.04. The second kappa shape index (κ2) is 4.89. The summed E-state index contributed by atoms with van der Waals surface area (Å²) in [7, 11) is 0. The Labute approximate surface area is 88.2 Å². The van der Waals surface area contributed by atoms with E-state index in [0.29, 0.717) is 24.3 Å². The van der Waals surface area contributed by atoms with E-state index in [1.54, 1.807) is 18.3 Å². The zero-order chi connectivity index (χ0) is 10.5. The number of pyridine rings is 1. The smallest absolute Gasteiger partial charge is 0.168 e. The van der Waals surface area contributed by atoms with Crippen LogP contribution in [0, 0.1) is 0 Å². The highest BCUT2D eigenvalue weighted by atomic mass is 16.5. The number of carbonyl (C=O) groups is 1. The molecule has 0 bridgehead atoms. The predicted molar refractivity (Wildman–Crippen MR) is 54.1 cm³/mol. The lowest BCUT2D eigenvalue weighted by Gasteiger charge is -2.22. The number of carbonyl (C=O) groups excluding carboxylic acids is 1. The van der Waals surface area contributed by atoms with Crippen LogP contribution >= 0.6 is 0 Å². The quantitative estimate of drug-likeness (QED) is 0.704. The zero-order valence-corrected chi connectivity index (χ0v) is 8.39. The minimum absolute atomic E-state index is 0.114. The van der Waals surface area contributed by atoms with Crippen LogP contribution in [-0.4, -0.2) is 30.6 Å². The van der Waals surface area contributed by atoms with Gasteiger partial charge in [-0.15, -0.1) is 0 Å². The first-order valence-corrected chi connectivity index (χ1v) is 5.04. The number of nitrogens with zero attached hydrogens (tertiary/aromatic N) is 1. The predicted octanol–water partition coefficient (Wildman–Crippen LogP) is 1.45. The standard InChI is InChI=1S/C11H13NO3/c13-7-9-3-4-10(6-12-9)15-11-2-1-5-14-8-11/h3-4,6-7,11H,1-2,5,8H2. The lowest BCUT2D eigenvalue weighted by Crippen LogP contribution is -2.28. The van der Waals surface area contributed by atoms with Gasteiger partial charge >= 0.3 is 0 Å². The van der Waals surface area contributed by atoms with Crippen LogP contribution in [0.25, 0.3) is 0 Å². The Morgan fingerprint density at radius 2 is 2.47 bits per heavy atom. The third kappa shape index (κ3) is 2.76. The van der Waals surface area contributed by atoms with Gasteiger partial charge in [-0.25, -0.2) is 4.98 Å². The van der Waals surface area contributed by atoms with E-state index in [9.17, 15) is 4.79 Å². The number of ether oxygens (including phenoxy) is 2. The molecule has 2 heterocycles. The molecule has 4 nitrogen and oxygen atoms in total. The normalized spacial score (nSPS) is 20.9. The molecule has 1 aliphatic heterocycles. The van der Waals surface area contributed by atoms with Gasteiger partial charge in [0.2, 0.25) is 0 Å². The Hall–Kier alpha value is -1.42. The number of aldehydes is 1. The molecular formula is C11H13NO3. The maximum atomic E-state index is 10.4. The summed E-state index contributed by atoms with van der Waals surface area (Å²) >= 11 is 0. The van der Waals surface area contributed by atoms with Gasteiger partial charge in [-0.05, 0) is 25.0 Å². The molecule has 0 aromatic carbocycles. The molecule has 80 valence electrons. The van der Waals surface area contributed by atoms with Crippen LogP contribution in [0.15, 0.2) is 18.3 Å². The molecular weight excluding hydrogens is 194 g/mol. The molecule has 0 N–H and O–H groups in total. The summed E-state index contributed by atoms with van der Waals surface area (Å²) < 4.78 is 10.9. The van der Waals surface area contributed by atoms with E-state index >= 15 is 0 Å². The topological polar surface area (TPSA) is 48.4 Å². The Bertz CT molecular complexity index is 317. The molecule has 1 aromatic heterocycles. The fourth-order valence-corrected chi connectivity index (χ4v) is 1.53. The highest BCUT2D eigenvalue weighted by Crippen LogP contribution is 2.15. The summed E-state index contributed by atoms with van der Waals surface area (Å²) in [5.41, 5.74) is 0.419. The fraction of sp³-hybridized carbons (Fsp3) is 0.455. The molecule has 1 saturated heterocycles. The zero-order valence-electron chi connectivity index (χ0n) is 8.39. The van der Waals surface area contributed by atoms with Crippen LogP contribution in [0.2, 0.25) is 0 Å². The molecule has 0 radical (unpaired) electrons. The maximum Gasteiger partial charge on any atom is 0.168 e. The van der Waals surface area contributed by atoms with Gasteiger partial charge in [-0.3, -0.25) is 4.79 Å². The van der Waals surface area contributed by atoms with Gasteiger partial charge in [0, 0.05) is 6.61 Å². The molecule has 0 saturated carbocycles. The Balaban J connectivity index is 1.94. The van der Waals surface area contributed by atoms with Crippen molar-refractivity contribution in [3.05, 3.63) is 24.0 Å². The van der Waals surface area contributed by atoms with Gasteiger partial charge in [0.25, 0.3) is 0 Å². The Morgan fingerprint density at radius 3 is 3.07 bits per heavy atom. The lowest BCUT2D eigenvalue weighted by molar-refractivity contribution is 0.00728. The van der Waals surface area contributed by atoms with Crippen LogP contribution < -0.4 is 4.74 Å². The minimum Gasteiger partial charge on any atom is -0.486 e. The number of hydrogen-bond donors (Lipinski definition) is 0. The Morgan fingerprint density at radius 1 is 1.53 bits per heavy atom. The van der Waals surface area contributed by atoms with Gasteiger partial charge in [0.1, 0.15) is 17.5 Å². The summed E-state index contributed by atoms with van der Waals surface area (Å²) in [5, 5.41) is 0. The highest BCUT2D eigenvalue weighted by Gasteiger charge is 2.15. The molecule has 4 heteroatoms. The summed E-state index contributed by atoms with van der Waals surface area (Å²) in [4.78, 5) is 14.3. The van der Waals surface area contributed by atoms with E-state index in [1.165, 1.54) is 0 Å². The van der Waals surface area contributed by atoms with Crippen molar-refractivity contribution in [3.8, 4) is 5.75 Å². The number of aromatic nitrogens is 1. The molecule has 0 aliphatic carbocycles. The van der Waals surface area contributed by atoms with Crippen molar-refractivity contribution in [2.75, 3.05) is 13.2 Å². The van der Waals surface area contributed by atoms with Crippen molar-refractivity contribution in [1.82, 2.24) is 4.98 Å². The first-order chi connectivity index (χ1) is 7.38. The Kier molecular flexibility index (Phi) is 3.29. The fourth-order valence-electron chi connectivity index (χ4n) is 1.53. The van der Waals surface area contributed by atoms with Crippen molar-refractivity contribution >= 4 is 6.29 Å². The monoisotopic (exact) mass is 207 g/mol. The van der Waals surface area contributed by atoms with Gasteiger partial charge in [-0.1, -0.05) is 0 Å². The summed E-state index contributed by atoms with van der Waals surface area (Å²) in [6.45, 7) is 1.46.